The molecule has 1 aliphatic carbocycles. The number of hydrogen-bond donors (Lipinski definition) is 2. The zero-order valence-electron chi connectivity index (χ0n) is 9.29. The molecule has 0 bridgehead atoms. The first-order valence-electron chi connectivity index (χ1n) is 5.90. The molecule has 0 amide bonds. The van der Waals surface area contributed by atoms with Crippen molar-refractivity contribution in [2.45, 2.75) is 12.5 Å². The summed E-state index contributed by atoms with van der Waals surface area (Å²) < 4.78 is 0. The lowest BCUT2D eigenvalue weighted by molar-refractivity contribution is -0.114. The summed E-state index contributed by atoms with van der Waals surface area (Å²) in [7, 11) is 0. The third kappa shape index (κ3) is 1.17. The maximum absolute atomic E-state index is 11.5. The van der Waals surface area contributed by atoms with Crippen LogP contribution in [0.1, 0.15) is 11.1 Å². The molecule has 1 aromatic heterocycles. The average molecular weight is 224 g/mol. The van der Waals surface area contributed by atoms with Gasteiger partial charge in [0.25, 0.3) is 0 Å². The Bertz CT molecular complexity index is 666. The normalized spacial score (nSPS) is 22.5. The van der Waals surface area contributed by atoms with Crippen molar-refractivity contribution >= 4 is 22.3 Å². The molecule has 4 rings (SSSR count). The largest absolute Gasteiger partial charge is 0.361 e. The van der Waals surface area contributed by atoms with Gasteiger partial charge in [-0.3, -0.25) is 4.79 Å². The van der Waals surface area contributed by atoms with Gasteiger partial charge in [0, 0.05) is 23.1 Å². The van der Waals surface area contributed by atoms with E-state index in [0.717, 1.165) is 17.5 Å². The lowest BCUT2D eigenvalue weighted by atomic mass is 9.83. The Kier molecular flexibility index (Phi) is 1.66. The van der Waals surface area contributed by atoms with Crippen LogP contribution < -0.4 is 5.32 Å². The summed E-state index contributed by atoms with van der Waals surface area (Å²) >= 11 is 0. The van der Waals surface area contributed by atoms with Crippen LogP contribution in [0, 0.1) is 0 Å². The molecule has 3 nitrogen and oxygen atoms in total. The Hall–Kier alpha value is -1.87. The van der Waals surface area contributed by atoms with E-state index < -0.39 is 0 Å². The summed E-state index contributed by atoms with van der Waals surface area (Å²) in [6.07, 6.45) is 4.87. The smallest absolute Gasteiger partial charge is 0.169 e. The second-order valence-electron chi connectivity index (χ2n) is 4.75. The number of carbonyl (C=O) groups excluding carboxylic acids is 1. The highest BCUT2D eigenvalue weighted by atomic mass is 16.1. The molecule has 2 aliphatic rings. The fourth-order valence-corrected chi connectivity index (χ4v) is 2.98. The first kappa shape index (κ1) is 9.19. The van der Waals surface area contributed by atoms with Gasteiger partial charge in [0.15, 0.2) is 5.78 Å². The Morgan fingerprint density at radius 2 is 2.24 bits per heavy atom. The van der Waals surface area contributed by atoms with Crippen molar-refractivity contribution in [1.29, 1.82) is 0 Å². The second-order valence-corrected chi connectivity index (χ2v) is 4.75. The summed E-state index contributed by atoms with van der Waals surface area (Å²) in [5.41, 5.74) is 4.86. The predicted molar refractivity (Wildman–Crippen MR) is 66.8 cm³/mol. The molecule has 0 saturated carbocycles. The fourth-order valence-electron chi connectivity index (χ4n) is 2.98. The first-order chi connectivity index (χ1) is 8.33. The number of benzene rings is 1. The molecule has 3 heteroatoms. The number of aromatic nitrogens is 1. The lowest BCUT2D eigenvalue weighted by Crippen LogP contribution is -2.41. The lowest BCUT2D eigenvalue weighted by Gasteiger charge is -2.29. The van der Waals surface area contributed by atoms with Crippen molar-refractivity contribution in [1.82, 2.24) is 10.3 Å². The first-order valence-corrected chi connectivity index (χ1v) is 5.90. The topological polar surface area (TPSA) is 44.9 Å². The van der Waals surface area contributed by atoms with E-state index in [-0.39, 0.29) is 5.78 Å². The van der Waals surface area contributed by atoms with Gasteiger partial charge in [-0.25, -0.2) is 0 Å². The van der Waals surface area contributed by atoms with Crippen LogP contribution in [0.3, 0.4) is 0 Å². The van der Waals surface area contributed by atoms with Gasteiger partial charge in [-0.15, -0.1) is 0 Å². The van der Waals surface area contributed by atoms with E-state index in [4.69, 9.17) is 0 Å². The van der Waals surface area contributed by atoms with E-state index in [1.807, 2.05) is 12.1 Å². The molecule has 0 spiro atoms. The second kappa shape index (κ2) is 3.08. The summed E-state index contributed by atoms with van der Waals surface area (Å²) in [5, 5.41) is 4.60. The highest BCUT2D eigenvalue weighted by molar-refractivity contribution is 6.06. The van der Waals surface area contributed by atoms with E-state index in [0.29, 0.717) is 12.6 Å². The fraction of sp³-hybridized carbons (Fsp3) is 0.214. The minimum absolute atomic E-state index is 0.173. The Labute approximate surface area is 98.5 Å². The highest BCUT2D eigenvalue weighted by Gasteiger charge is 2.29. The maximum atomic E-state index is 11.5. The number of nitrogens with one attached hydrogen (secondary N) is 2. The van der Waals surface area contributed by atoms with Gasteiger partial charge in [0.1, 0.15) is 0 Å². The van der Waals surface area contributed by atoms with Crippen LogP contribution in [-0.4, -0.2) is 23.4 Å². The number of fused-ring (bicyclic) bond motifs is 2. The van der Waals surface area contributed by atoms with Gasteiger partial charge >= 0.3 is 0 Å². The van der Waals surface area contributed by atoms with Crippen LogP contribution in [0.5, 0.6) is 0 Å². The zero-order chi connectivity index (χ0) is 11.4. The average Bonchev–Trinajstić information content (AvgIpc) is 2.75. The molecule has 0 radical (unpaired) electrons. The maximum Gasteiger partial charge on any atom is 0.169 e. The molecule has 0 unspecified atom stereocenters. The molecule has 2 aromatic rings. The quantitative estimate of drug-likeness (QED) is 0.714. The summed E-state index contributed by atoms with van der Waals surface area (Å²) in [4.78, 5) is 14.8. The van der Waals surface area contributed by atoms with E-state index in [1.54, 1.807) is 0 Å². The van der Waals surface area contributed by atoms with Crippen LogP contribution in [-0.2, 0) is 11.2 Å². The minimum Gasteiger partial charge on any atom is -0.361 e. The van der Waals surface area contributed by atoms with Gasteiger partial charge in [-0.2, -0.15) is 0 Å². The molecule has 2 N–H and O–H groups in total. The van der Waals surface area contributed by atoms with Crippen LogP contribution in [0.4, 0.5) is 0 Å². The number of hydrogen-bond acceptors (Lipinski definition) is 2. The Balaban J connectivity index is 2.07. The predicted octanol–water partition coefficient (Wildman–Crippen LogP) is 1.65. The van der Waals surface area contributed by atoms with E-state index in [1.165, 1.54) is 16.5 Å². The van der Waals surface area contributed by atoms with Gasteiger partial charge in [-0.1, -0.05) is 12.1 Å². The minimum atomic E-state index is 0.173. The van der Waals surface area contributed by atoms with Crippen molar-refractivity contribution in [2.75, 3.05) is 6.54 Å². The number of carbonyl (C=O) groups is 1. The van der Waals surface area contributed by atoms with Crippen molar-refractivity contribution in [3.05, 3.63) is 41.6 Å². The molecular formula is C14H12N2O. The third-order valence-corrected chi connectivity index (χ3v) is 3.74. The zero-order valence-corrected chi connectivity index (χ0v) is 9.29. The summed E-state index contributed by atoms with van der Waals surface area (Å²) in [6.45, 7) is 0.462. The molecule has 17 heavy (non-hydrogen) atoms. The number of ketones is 1. The molecule has 1 atom stereocenters. The summed E-state index contributed by atoms with van der Waals surface area (Å²) in [6, 6.07) is 6.53. The van der Waals surface area contributed by atoms with Gasteiger partial charge < -0.3 is 10.3 Å². The molecule has 84 valence electrons. The van der Waals surface area contributed by atoms with Crippen LogP contribution in [0.25, 0.3) is 16.5 Å². The standard InChI is InChI=1S/C14H12N2O/c17-9-5-11-10-2-1-3-12-14(10)8(6-15-12)4-13(11)16-7-9/h1-3,5-6,13,15-16H,4,7H2/t13-/m1/s1. The molecule has 1 aromatic carbocycles. The Morgan fingerprint density at radius 1 is 1.29 bits per heavy atom. The monoisotopic (exact) mass is 224 g/mol. The van der Waals surface area contributed by atoms with Crippen molar-refractivity contribution in [3.8, 4) is 0 Å². The third-order valence-electron chi connectivity index (χ3n) is 3.74. The molecular weight excluding hydrogens is 212 g/mol. The van der Waals surface area contributed by atoms with E-state index in [2.05, 4.69) is 28.6 Å². The molecule has 0 fully saturated rings. The van der Waals surface area contributed by atoms with Crippen molar-refractivity contribution in [2.24, 2.45) is 0 Å². The molecule has 0 saturated heterocycles. The van der Waals surface area contributed by atoms with E-state index >= 15 is 0 Å². The van der Waals surface area contributed by atoms with E-state index in [9.17, 15) is 4.79 Å². The number of rotatable bonds is 0. The molecule has 2 heterocycles. The van der Waals surface area contributed by atoms with Gasteiger partial charge in [0.2, 0.25) is 0 Å². The number of H-pyrrole nitrogens is 1. The van der Waals surface area contributed by atoms with Gasteiger partial charge in [-0.05, 0) is 35.3 Å². The van der Waals surface area contributed by atoms with Gasteiger partial charge in [0.05, 0.1) is 6.54 Å². The van der Waals surface area contributed by atoms with Crippen LogP contribution in [0.2, 0.25) is 0 Å². The Morgan fingerprint density at radius 3 is 3.18 bits per heavy atom. The number of aromatic amines is 1. The highest BCUT2D eigenvalue weighted by Crippen LogP contribution is 2.36. The SMILES string of the molecule is O=C1C=C2c3cccc4[nH]cc(c34)C[C@H]2NC1. The summed E-state index contributed by atoms with van der Waals surface area (Å²) in [5.74, 6) is 0.173. The van der Waals surface area contributed by atoms with Crippen molar-refractivity contribution < 1.29 is 4.79 Å². The molecule has 1 aliphatic heterocycles. The van der Waals surface area contributed by atoms with Crippen LogP contribution in [0.15, 0.2) is 30.5 Å². The van der Waals surface area contributed by atoms with Crippen LogP contribution >= 0.6 is 0 Å². The van der Waals surface area contributed by atoms with Crippen molar-refractivity contribution in [3.63, 3.8) is 0 Å².